The number of morpholine rings is 1. The molecule has 0 saturated carbocycles. The summed E-state index contributed by atoms with van der Waals surface area (Å²) in [4.78, 5) is 14.0. The molecule has 156 valence electrons. The van der Waals surface area contributed by atoms with Gasteiger partial charge in [0.2, 0.25) is 10.0 Å². The van der Waals surface area contributed by atoms with E-state index in [2.05, 4.69) is 31.5 Å². The third-order valence-corrected chi connectivity index (χ3v) is 6.63. The van der Waals surface area contributed by atoms with Gasteiger partial charge in [-0.3, -0.25) is 4.79 Å². The Morgan fingerprint density at radius 3 is 2.38 bits per heavy atom. The molecule has 1 fully saturated rings. The van der Waals surface area contributed by atoms with Gasteiger partial charge in [0.25, 0.3) is 5.91 Å². The number of hydrogen-bond acceptors (Lipinski definition) is 4. The highest BCUT2D eigenvalue weighted by Gasteiger charge is 2.26. The summed E-state index contributed by atoms with van der Waals surface area (Å²) in [5.74, 6) is -0.300. The molecule has 1 saturated heterocycles. The lowest BCUT2D eigenvalue weighted by Gasteiger charge is -2.26. The molecule has 7 nitrogen and oxygen atoms in total. The van der Waals surface area contributed by atoms with E-state index in [4.69, 9.17) is 4.74 Å². The minimum absolute atomic E-state index is 0.127. The van der Waals surface area contributed by atoms with Gasteiger partial charge < -0.3 is 15.0 Å². The van der Waals surface area contributed by atoms with E-state index in [0.29, 0.717) is 38.4 Å². The zero-order valence-corrected chi connectivity index (χ0v) is 17.7. The van der Waals surface area contributed by atoms with Crippen LogP contribution in [-0.4, -0.2) is 59.0 Å². The molecular formula is C21H28N3O4S+. The Labute approximate surface area is 172 Å². The predicted octanol–water partition coefficient (Wildman–Crippen LogP) is 0.282. The average Bonchev–Trinajstić information content (AvgIpc) is 2.73. The highest BCUT2D eigenvalue weighted by Crippen LogP contribution is 2.18. The van der Waals surface area contributed by atoms with Crippen molar-refractivity contribution in [3.63, 3.8) is 0 Å². The second-order valence-corrected chi connectivity index (χ2v) is 9.37. The molecule has 2 aromatic rings. The molecule has 1 aliphatic rings. The molecular weight excluding hydrogens is 390 g/mol. The molecule has 1 heterocycles. The Hall–Kier alpha value is -2.26. The van der Waals surface area contributed by atoms with Gasteiger partial charge in [0.05, 0.1) is 32.2 Å². The third-order valence-electron chi connectivity index (χ3n) is 4.74. The Bertz CT molecular complexity index is 937. The number of benzene rings is 2. The highest BCUT2D eigenvalue weighted by molar-refractivity contribution is 7.89. The van der Waals surface area contributed by atoms with Crippen molar-refractivity contribution in [2.45, 2.75) is 18.0 Å². The van der Waals surface area contributed by atoms with Crippen molar-refractivity contribution in [2.24, 2.45) is 0 Å². The summed E-state index contributed by atoms with van der Waals surface area (Å²) in [6, 6.07) is 14.3. The Morgan fingerprint density at radius 2 is 1.72 bits per heavy atom. The van der Waals surface area contributed by atoms with Gasteiger partial charge in [-0.1, -0.05) is 30.3 Å². The summed E-state index contributed by atoms with van der Waals surface area (Å²) in [6.07, 6.45) is 0. The zero-order valence-electron chi connectivity index (χ0n) is 16.8. The fourth-order valence-corrected chi connectivity index (χ4v) is 4.66. The van der Waals surface area contributed by atoms with E-state index in [1.807, 2.05) is 12.1 Å². The lowest BCUT2D eigenvalue weighted by atomic mass is 10.1. The topological polar surface area (TPSA) is 80.2 Å². The van der Waals surface area contributed by atoms with Crippen LogP contribution in [0.4, 0.5) is 0 Å². The van der Waals surface area contributed by atoms with Gasteiger partial charge in [0.1, 0.15) is 6.54 Å². The van der Waals surface area contributed by atoms with Crippen molar-refractivity contribution < 1.29 is 22.8 Å². The Morgan fingerprint density at radius 1 is 1.07 bits per heavy atom. The van der Waals surface area contributed by atoms with Gasteiger partial charge >= 0.3 is 0 Å². The first-order valence-corrected chi connectivity index (χ1v) is 11.1. The molecule has 0 atom stereocenters. The summed E-state index contributed by atoms with van der Waals surface area (Å²) in [6.45, 7) is 2.74. The molecule has 0 bridgehead atoms. The summed E-state index contributed by atoms with van der Waals surface area (Å²) in [5, 5.41) is 2.86. The molecule has 2 N–H and O–H groups in total. The third kappa shape index (κ3) is 5.63. The van der Waals surface area contributed by atoms with Crippen LogP contribution in [-0.2, 0) is 27.8 Å². The number of amides is 1. The van der Waals surface area contributed by atoms with Crippen LogP contribution in [0.5, 0.6) is 0 Å². The molecule has 0 radical (unpaired) electrons. The van der Waals surface area contributed by atoms with Crippen molar-refractivity contribution >= 4 is 15.9 Å². The largest absolute Gasteiger partial charge is 0.379 e. The van der Waals surface area contributed by atoms with Crippen molar-refractivity contribution in [2.75, 3.05) is 40.4 Å². The number of nitrogens with one attached hydrogen (secondary N) is 2. The minimum atomic E-state index is -3.63. The van der Waals surface area contributed by atoms with E-state index in [1.54, 1.807) is 12.1 Å². The smallest absolute Gasteiger partial charge is 0.251 e. The molecule has 0 spiro atoms. The van der Waals surface area contributed by atoms with Crippen molar-refractivity contribution in [1.82, 2.24) is 9.62 Å². The second kappa shape index (κ2) is 9.49. The molecule has 1 aliphatic heterocycles. The Balaban J connectivity index is 1.65. The number of quaternary nitrogens is 1. The maximum atomic E-state index is 12.8. The fraction of sp³-hybridized carbons (Fsp3) is 0.381. The maximum absolute atomic E-state index is 12.8. The van der Waals surface area contributed by atoms with Crippen LogP contribution < -0.4 is 10.2 Å². The zero-order chi connectivity index (χ0) is 20.9. The van der Waals surface area contributed by atoms with E-state index < -0.39 is 10.0 Å². The van der Waals surface area contributed by atoms with Gasteiger partial charge in [0, 0.05) is 30.8 Å². The first-order chi connectivity index (χ1) is 13.9. The van der Waals surface area contributed by atoms with Gasteiger partial charge in [-0.15, -0.1) is 0 Å². The number of rotatable bonds is 7. The summed E-state index contributed by atoms with van der Waals surface area (Å²) in [7, 11) is 0.569. The van der Waals surface area contributed by atoms with Gasteiger partial charge in [0.15, 0.2) is 0 Å². The molecule has 0 aromatic heterocycles. The fourth-order valence-electron chi connectivity index (χ4n) is 3.20. The van der Waals surface area contributed by atoms with Crippen LogP contribution >= 0.6 is 0 Å². The number of nitrogens with zero attached hydrogens (tertiary/aromatic N) is 1. The van der Waals surface area contributed by atoms with Crippen LogP contribution in [0.1, 0.15) is 21.5 Å². The van der Waals surface area contributed by atoms with Crippen molar-refractivity contribution in [1.29, 1.82) is 0 Å². The van der Waals surface area contributed by atoms with Crippen LogP contribution in [0.15, 0.2) is 53.4 Å². The number of ether oxygens (including phenoxy) is 1. The SMILES string of the molecule is C[NH+](C)Cc1ccc(CNC(=O)c2cccc(S(=O)(=O)N3CCOCC3)c2)cc1. The quantitative estimate of drug-likeness (QED) is 0.677. The Kier molecular flexibility index (Phi) is 7.02. The van der Waals surface area contributed by atoms with Crippen LogP contribution in [0.3, 0.4) is 0 Å². The first-order valence-electron chi connectivity index (χ1n) is 9.69. The lowest BCUT2D eigenvalue weighted by Crippen LogP contribution is -3.04. The second-order valence-electron chi connectivity index (χ2n) is 7.43. The molecule has 3 rings (SSSR count). The van der Waals surface area contributed by atoms with Crippen LogP contribution in [0, 0.1) is 0 Å². The van der Waals surface area contributed by atoms with E-state index in [-0.39, 0.29) is 10.8 Å². The number of hydrogen-bond donors (Lipinski definition) is 2. The normalized spacial score (nSPS) is 15.4. The van der Waals surface area contributed by atoms with Gasteiger partial charge in [-0.2, -0.15) is 4.31 Å². The van der Waals surface area contributed by atoms with Gasteiger partial charge in [-0.25, -0.2) is 8.42 Å². The number of carbonyl (C=O) groups is 1. The van der Waals surface area contributed by atoms with Crippen molar-refractivity contribution in [3.8, 4) is 0 Å². The van der Waals surface area contributed by atoms with Crippen LogP contribution in [0.25, 0.3) is 0 Å². The summed E-state index contributed by atoms with van der Waals surface area (Å²) in [5.41, 5.74) is 2.56. The van der Waals surface area contributed by atoms with E-state index in [9.17, 15) is 13.2 Å². The van der Waals surface area contributed by atoms with E-state index >= 15 is 0 Å². The highest BCUT2D eigenvalue weighted by atomic mass is 32.2. The molecule has 29 heavy (non-hydrogen) atoms. The van der Waals surface area contributed by atoms with Crippen LogP contribution in [0.2, 0.25) is 0 Å². The van der Waals surface area contributed by atoms with Crippen molar-refractivity contribution in [3.05, 3.63) is 65.2 Å². The maximum Gasteiger partial charge on any atom is 0.251 e. The average molecular weight is 419 g/mol. The molecule has 2 aromatic carbocycles. The lowest BCUT2D eigenvalue weighted by molar-refractivity contribution is -0.872. The number of carbonyl (C=O) groups excluding carboxylic acids is 1. The molecule has 8 heteroatoms. The number of sulfonamides is 1. The molecule has 0 unspecified atom stereocenters. The summed E-state index contributed by atoms with van der Waals surface area (Å²) < 4.78 is 32.2. The summed E-state index contributed by atoms with van der Waals surface area (Å²) >= 11 is 0. The minimum Gasteiger partial charge on any atom is -0.379 e. The van der Waals surface area contributed by atoms with E-state index in [1.165, 1.54) is 26.9 Å². The van der Waals surface area contributed by atoms with E-state index in [0.717, 1.165) is 12.1 Å². The first kappa shape index (κ1) is 21.4. The monoisotopic (exact) mass is 418 g/mol. The van der Waals surface area contributed by atoms with Gasteiger partial charge in [-0.05, 0) is 23.8 Å². The standard InChI is InChI=1S/C21H27N3O4S/c1-23(2)16-18-8-6-17(7-9-18)15-22-21(25)19-4-3-5-20(14-19)29(26,27)24-10-12-28-13-11-24/h3-9,14H,10-13,15-16H2,1-2H3,(H,22,25)/p+1. The predicted molar refractivity (Wildman–Crippen MR) is 110 cm³/mol. The molecule has 0 aliphatic carbocycles. The molecule has 1 amide bonds.